The number of nitrogens with one attached hydrogen (secondary N) is 2. The SMILES string of the molecule is COc1ccc(F)cc1-c1ccnc2[nH]c(C3CCN(NCCO)CC3)cc12. The molecule has 0 unspecified atom stereocenters. The van der Waals surface area contributed by atoms with E-state index in [9.17, 15) is 4.39 Å². The van der Waals surface area contributed by atoms with Gasteiger partial charge in [0.1, 0.15) is 17.2 Å². The standard InChI is InChI=1S/C21H25FN4O2/c1-28-20-3-2-15(22)12-17(20)16-4-7-23-21-18(16)13-19(25-21)14-5-9-26(10-6-14)24-8-11-27/h2-4,7,12-14,24,27H,5-6,8-11H2,1H3,(H,23,25). The van der Waals surface area contributed by atoms with Crippen LogP contribution in [0.25, 0.3) is 22.2 Å². The summed E-state index contributed by atoms with van der Waals surface area (Å²) in [5, 5.41) is 12.1. The minimum atomic E-state index is -0.292. The molecule has 1 aliphatic heterocycles. The predicted octanol–water partition coefficient (Wildman–Crippen LogP) is 3.05. The number of pyridine rings is 1. The second-order valence-electron chi connectivity index (χ2n) is 7.08. The molecule has 0 spiro atoms. The monoisotopic (exact) mass is 384 g/mol. The number of halogens is 1. The smallest absolute Gasteiger partial charge is 0.138 e. The van der Waals surface area contributed by atoms with Gasteiger partial charge < -0.3 is 14.8 Å². The number of fused-ring (bicyclic) bond motifs is 1. The zero-order valence-electron chi connectivity index (χ0n) is 15.9. The van der Waals surface area contributed by atoms with Gasteiger partial charge in [-0.3, -0.25) is 5.43 Å². The number of hydrazine groups is 1. The summed E-state index contributed by atoms with van der Waals surface area (Å²) < 4.78 is 19.3. The van der Waals surface area contributed by atoms with Gasteiger partial charge in [-0.2, -0.15) is 0 Å². The molecule has 3 N–H and O–H groups in total. The van der Waals surface area contributed by atoms with E-state index >= 15 is 0 Å². The molecular formula is C21H25FN4O2. The Bertz CT molecular complexity index is 951. The van der Waals surface area contributed by atoms with E-state index in [4.69, 9.17) is 9.84 Å². The maximum atomic E-state index is 13.9. The molecule has 148 valence electrons. The fourth-order valence-electron chi connectivity index (χ4n) is 3.95. The van der Waals surface area contributed by atoms with Crippen molar-refractivity contribution in [2.75, 3.05) is 33.4 Å². The topological polar surface area (TPSA) is 73.4 Å². The van der Waals surface area contributed by atoms with Crippen LogP contribution in [0.4, 0.5) is 4.39 Å². The average Bonchev–Trinajstić information content (AvgIpc) is 3.17. The van der Waals surface area contributed by atoms with Gasteiger partial charge in [0, 0.05) is 48.4 Å². The van der Waals surface area contributed by atoms with Crippen LogP contribution in [0.1, 0.15) is 24.5 Å². The van der Waals surface area contributed by atoms with Crippen LogP contribution in [0.3, 0.4) is 0 Å². The molecule has 0 aliphatic carbocycles. The highest BCUT2D eigenvalue weighted by molar-refractivity contribution is 5.95. The van der Waals surface area contributed by atoms with Crippen LogP contribution in [0, 0.1) is 5.82 Å². The van der Waals surface area contributed by atoms with Gasteiger partial charge in [0.05, 0.1) is 13.7 Å². The fourth-order valence-corrected chi connectivity index (χ4v) is 3.95. The summed E-state index contributed by atoms with van der Waals surface area (Å²) in [6.07, 6.45) is 3.78. The van der Waals surface area contributed by atoms with Crippen LogP contribution < -0.4 is 10.2 Å². The molecule has 0 radical (unpaired) electrons. The van der Waals surface area contributed by atoms with Crippen molar-refractivity contribution in [3.8, 4) is 16.9 Å². The van der Waals surface area contributed by atoms with Crippen molar-refractivity contribution in [1.82, 2.24) is 20.4 Å². The molecule has 0 bridgehead atoms. The number of nitrogens with zero attached hydrogens (tertiary/aromatic N) is 2. The Kier molecular flexibility index (Phi) is 5.57. The average molecular weight is 384 g/mol. The van der Waals surface area contributed by atoms with Crippen molar-refractivity contribution in [2.24, 2.45) is 0 Å². The molecule has 1 fully saturated rings. The zero-order chi connectivity index (χ0) is 19.5. The molecule has 4 rings (SSSR count). The van der Waals surface area contributed by atoms with Gasteiger partial charge in [-0.15, -0.1) is 0 Å². The number of aliphatic hydroxyl groups is 1. The van der Waals surface area contributed by atoms with Crippen molar-refractivity contribution < 1.29 is 14.2 Å². The Labute approximate surface area is 163 Å². The molecule has 0 amide bonds. The number of hydrogen-bond donors (Lipinski definition) is 3. The summed E-state index contributed by atoms with van der Waals surface area (Å²) in [6.45, 7) is 2.58. The zero-order valence-corrected chi connectivity index (χ0v) is 15.9. The highest BCUT2D eigenvalue weighted by Gasteiger charge is 2.23. The van der Waals surface area contributed by atoms with E-state index in [1.165, 1.54) is 12.1 Å². The summed E-state index contributed by atoms with van der Waals surface area (Å²) >= 11 is 0. The summed E-state index contributed by atoms with van der Waals surface area (Å²) in [5.41, 5.74) is 6.83. The van der Waals surface area contributed by atoms with E-state index in [1.54, 1.807) is 19.4 Å². The van der Waals surface area contributed by atoms with Crippen molar-refractivity contribution in [2.45, 2.75) is 18.8 Å². The normalized spacial score (nSPS) is 16.0. The number of rotatable bonds is 6. The largest absolute Gasteiger partial charge is 0.496 e. The molecule has 7 heteroatoms. The molecule has 0 atom stereocenters. The first-order valence-corrected chi connectivity index (χ1v) is 9.60. The Morgan fingerprint density at radius 2 is 2.07 bits per heavy atom. The van der Waals surface area contributed by atoms with Gasteiger partial charge in [-0.25, -0.2) is 14.4 Å². The summed E-state index contributed by atoms with van der Waals surface area (Å²) in [7, 11) is 1.59. The van der Waals surface area contributed by atoms with Gasteiger partial charge >= 0.3 is 0 Å². The van der Waals surface area contributed by atoms with E-state index in [2.05, 4.69) is 26.5 Å². The molecule has 1 saturated heterocycles. The quantitative estimate of drug-likeness (QED) is 0.609. The third-order valence-electron chi connectivity index (χ3n) is 5.39. The van der Waals surface area contributed by atoms with Gasteiger partial charge in [0.15, 0.2) is 0 Å². The predicted molar refractivity (Wildman–Crippen MR) is 107 cm³/mol. The van der Waals surface area contributed by atoms with Crippen molar-refractivity contribution in [1.29, 1.82) is 0 Å². The molecule has 3 heterocycles. The van der Waals surface area contributed by atoms with Crippen molar-refractivity contribution in [3.05, 3.63) is 48.0 Å². The third kappa shape index (κ3) is 3.73. The molecule has 2 aromatic heterocycles. The second-order valence-corrected chi connectivity index (χ2v) is 7.08. The first-order chi connectivity index (χ1) is 13.7. The first kappa shape index (κ1) is 18.9. The number of H-pyrrole nitrogens is 1. The van der Waals surface area contributed by atoms with Gasteiger partial charge in [0.2, 0.25) is 0 Å². The lowest BCUT2D eigenvalue weighted by Gasteiger charge is -2.31. The van der Waals surface area contributed by atoms with Gasteiger partial charge in [0.25, 0.3) is 0 Å². The molecule has 0 saturated carbocycles. The second kappa shape index (κ2) is 8.26. The summed E-state index contributed by atoms with van der Waals surface area (Å²) in [5.74, 6) is 0.767. The van der Waals surface area contributed by atoms with E-state index in [0.717, 1.165) is 53.8 Å². The van der Waals surface area contributed by atoms with Gasteiger partial charge in [-0.1, -0.05) is 0 Å². The molecular weight excluding hydrogens is 359 g/mol. The van der Waals surface area contributed by atoms with Crippen LogP contribution in [-0.4, -0.2) is 53.4 Å². The van der Waals surface area contributed by atoms with E-state index in [-0.39, 0.29) is 12.4 Å². The Balaban J connectivity index is 1.63. The van der Waals surface area contributed by atoms with Crippen LogP contribution >= 0.6 is 0 Å². The summed E-state index contributed by atoms with van der Waals surface area (Å²) in [4.78, 5) is 7.94. The molecule has 28 heavy (non-hydrogen) atoms. The van der Waals surface area contributed by atoms with Crippen LogP contribution in [0.2, 0.25) is 0 Å². The molecule has 6 nitrogen and oxygen atoms in total. The minimum Gasteiger partial charge on any atom is -0.496 e. The lowest BCUT2D eigenvalue weighted by molar-refractivity contribution is 0.128. The number of methoxy groups -OCH3 is 1. The van der Waals surface area contributed by atoms with Gasteiger partial charge in [-0.05, 0) is 48.7 Å². The number of hydrogen-bond acceptors (Lipinski definition) is 5. The highest BCUT2D eigenvalue weighted by atomic mass is 19.1. The lowest BCUT2D eigenvalue weighted by Crippen LogP contribution is -2.44. The number of aliphatic hydroxyl groups excluding tert-OH is 1. The number of piperidine rings is 1. The maximum Gasteiger partial charge on any atom is 0.138 e. The highest BCUT2D eigenvalue weighted by Crippen LogP contribution is 2.37. The maximum absolute atomic E-state index is 13.9. The van der Waals surface area contributed by atoms with E-state index < -0.39 is 0 Å². The van der Waals surface area contributed by atoms with E-state index in [1.807, 2.05) is 6.07 Å². The van der Waals surface area contributed by atoms with E-state index in [0.29, 0.717) is 18.2 Å². The van der Waals surface area contributed by atoms with Crippen LogP contribution in [0.15, 0.2) is 36.5 Å². The fraction of sp³-hybridized carbons (Fsp3) is 0.381. The summed E-state index contributed by atoms with van der Waals surface area (Å²) in [6, 6.07) is 8.61. The minimum absolute atomic E-state index is 0.139. The number of benzene rings is 1. The Morgan fingerprint density at radius 3 is 2.82 bits per heavy atom. The number of ether oxygens (including phenoxy) is 1. The Hall–Kier alpha value is -2.48. The van der Waals surface area contributed by atoms with Crippen LogP contribution in [-0.2, 0) is 0 Å². The first-order valence-electron chi connectivity index (χ1n) is 9.60. The lowest BCUT2D eigenvalue weighted by atomic mass is 9.94. The van der Waals surface area contributed by atoms with Crippen molar-refractivity contribution >= 4 is 11.0 Å². The molecule has 1 aromatic carbocycles. The number of aromatic nitrogens is 2. The van der Waals surface area contributed by atoms with Crippen molar-refractivity contribution in [3.63, 3.8) is 0 Å². The number of aromatic amines is 1. The molecule has 3 aromatic rings. The molecule has 1 aliphatic rings. The van der Waals surface area contributed by atoms with Crippen LogP contribution in [0.5, 0.6) is 5.75 Å². The Morgan fingerprint density at radius 1 is 1.25 bits per heavy atom. The third-order valence-corrected chi connectivity index (χ3v) is 5.39.